The van der Waals surface area contributed by atoms with Gasteiger partial charge in [-0.15, -0.1) is 0 Å². The summed E-state index contributed by atoms with van der Waals surface area (Å²) >= 11 is 0. The number of carboxylic acids is 2. The highest BCUT2D eigenvalue weighted by Crippen LogP contribution is 2.10. The van der Waals surface area contributed by atoms with Crippen molar-refractivity contribution in [2.45, 2.75) is 0 Å². The molecule has 0 radical (unpaired) electrons. The lowest BCUT2D eigenvalue weighted by Crippen LogP contribution is -2.13. The van der Waals surface area contributed by atoms with Crippen LogP contribution in [0.2, 0.25) is 0 Å². The molecule has 1 aromatic heterocycles. The van der Waals surface area contributed by atoms with Gasteiger partial charge in [-0.25, -0.2) is 14.6 Å². The first-order chi connectivity index (χ1) is 8.88. The quantitative estimate of drug-likeness (QED) is 0.321. The van der Waals surface area contributed by atoms with Gasteiger partial charge in [-0.1, -0.05) is 0 Å². The fourth-order valence-electron chi connectivity index (χ4n) is 0.799. The third-order valence-electron chi connectivity index (χ3n) is 1.59. The smallest absolute Gasteiger partial charge is 0.414 e. The third kappa shape index (κ3) is 7.23. The van der Waals surface area contributed by atoms with Gasteiger partial charge in [-0.2, -0.15) is 0 Å². The molecular formula is C9H12N4O6. The van der Waals surface area contributed by atoms with Gasteiger partial charge >= 0.3 is 11.9 Å². The molecule has 0 bridgehead atoms. The van der Waals surface area contributed by atoms with Crippen molar-refractivity contribution in [3.8, 4) is 0 Å². The molecule has 19 heavy (non-hydrogen) atoms. The number of carbonyl (C=O) groups is 2. The molecule has 0 fully saturated rings. The number of nitrogens with two attached hydrogens (primary N) is 1. The van der Waals surface area contributed by atoms with Crippen LogP contribution in [0.5, 0.6) is 0 Å². The molecule has 10 nitrogen and oxygen atoms in total. The number of hydrogen-bond donors (Lipinski definition) is 4. The van der Waals surface area contributed by atoms with Crippen molar-refractivity contribution >= 4 is 23.4 Å². The summed E-state index contributed by atoms with van der Waals surface area (Å²) < 4.78 is 0. The summed E-state index contributed by atoms with van der Waals surface area (Å²) in [5.74, 6) is -3.05. The van der Waals surface area contributed by atoms with Crippen molar-refractivity contribution in [1.29, 1.82) is 0 Å². The highest BCUT2D eigenvalue weighted by atomic mass is 16.6. The molecule has 0 amide bonds. The van der Waals surface area contributed by atoms with Crippen molar-refractivity contribution in [3.63, 3.8) is 0 Å². The van der Waals surface area contributed by atoms with Crippen LogP contribution in [-0.2, 0) is 9.59 Å². The standard InChI is InChI=1S/C7H10N4O2.C2H2O4/c8-3-4-9-7-2-1-6(5-10-7)11(12)13;3-1(4)2(5)6/h1-2,5H,3-4,8H2,(H,9,10);(H,3,4)(H,5,6). The molecule has 1 heterocycles. The summed E-state index contributed by atoms with van der Waals surface area (Å²) in [6, 6.07) is 2.94. The maximum atomic E-state index is 10.3. The van der Waals surface area contributed by atoms with Crippen LogP contribution in [0.25, 0.3) is 0 Å². The Morgan fingerprint density at radius 2 is 1.95 bits per heavy atom. The Bertz CT molecular complexity index is 435. The normalized spacial score (nSPS) is 8.89. The molecule has 0 unspecified atom stereocenters. The zero-order valence-corrected chi connectivity index (χ0v) is 9.65. The number of nitrogens with zero attached hydrogens (tertiary/aromatic N) is 2. The van der Waals surface area contributed by atoms with Crippen molar-refractivity contribution < 1.29 is 24.7 Å². The largest absolute Gasteiger partial charge is 0.473 e. The molecule has 0 spiro atoms. The van der Waals surface area contributed by atoms with Crippen molar-refractivity contribution in [2.75, 3.05) is 18.4 Å². The minimum Gasteiger partial charge on any atom is -0.473 e. The lowest BCUT2D eigenvalue weighted by Gasteiger charge is -2.01. The van der Waals surface area contributed by atoms with E-state index in [4.69, 9.17) is 25.5 Å². The van der Waals surface area contributed by atoms with Crippen molar-refractivity contribution in [1.82, 2.24) is 4.98 Å². The number of nitrogens with one attached hydrogen (secondary N) is 1. The highest BCUT2D eigenvalue weighted by molar-refractivity contribution is 6.27. The van der Waals surface area contributed by atoms with E-state index in [0.29, 0.717) is 18.9 Å². The average molecular weight is 272 g/mol. The van der Waals surface area contributed by atoms with E-state index in [-0.39, 0.29) is 5.69 Å². The number of aromatic nitrogens is 1. The molecule has 0 aliphatic rings. The Labute approximate surface area is 107 Å². The summed E-state index contributed by atoms with van der Waals surface area (Å²) in [4.78, 5) is 31.8. The van der Waals surface area contributed by atoms with Gasteiger partial charge in [0.15, 0.2) is 0 Å². The monoisotopic (exact) mass is 272 g/mol. The summed E-state index contributed by atoms with van der Waals surface area (Å²) in [6.07, 6.45) is 1.21. The zero-order valence-electron chi connectivity index (χ0n) is 9.65. The van der Waals surface area contributed by atoms with E-state index in [9.17, 15) is 10.1 Å². The third-order valence-corrected chi connectivity index (χ3v) is 1.59. The van der Waals surface area contributed by atoms with Crippen molar-refractivity contribution in [3.05, 3.63) is 28.4 Å². The van der Waals surface area contributed by atoms with Crippen LogP contribution in [-0.4, -0.2) is 45.1 Å². The number of rotatable bonds is 4. The molecule has 0 atom stereocenters. The predicted octanol–water partition coefficient (Wildman–Crippen LogP) is -0.484. The van der Waals surface area contributed by atoms with Crippen LogP contribution in [0.4, 0.5) is 11.5 Å². The summed E-state index contributed by atoms with van der Waals surface area (Å²) in [6.45, 7) is 1.10. The van der Waals surface area contributed by atoms with Gasteiger partial charge in [-0.3, -0.25) is 10.1 Å². The second-order valence-electron chi connectivity index (χ2n) is 2.98. The predicted molar refractivity (Wildman–Crippen MR) is 63.7 cm³/mol. The summed E-state index contributed by atoms with van der Waals surface area (Å²) in [7, 11) is 0. The van der Waals surface area contributed by atoms with Crippen LogP contribution < -0.4 is 11.1 Å². The maximum absolute atomic E-state index is 10.3. The van der Waals surface area contributed by atoms with Crippen LogP contribution in [0.15, 0.2) is 18.3 Å². The van der Waals surface area contributed by atoms with Gasteiger partial charge in [0.05, 0.1) is 4.92 Å². The maximum Gasteiger partial charge on any atom is 0.414 e. The molecular weight excluding hydrogens is 260 g/mol. The zero-order chi connectivity index (χ0) is 14.8. The van der Waals surface area contributed by atoms with Gasteiger partial charge in [0.1, 0.15) is 12.0 Å². The van der Waals surface area contributed by atoms with Gasteiger partial charge in [-0.05, 0) is 6.07 Å². The second kappa shape index (κ2) is 8.36. The van der Waals surface area contributed by atoms with Gasteiger partial charge in [0.2, 0.25) is 0 Å². The lowest BCUT2D eigenvalue weighted by atomic mass is 10.4. The van der Waals surface area contributed by atoms with Crippen LogP contribution in [0.3, 0.4) is 0 Å². The first-order valence-electron chi connectivity index (χ1n) is 4.89. The molecule has 5 N–H and O–H groups in total. The topological polar surface area (TPSA) is 169 Å². The van der Waals surface area contributed by atoms with Gasteiger partial charge in [0, 0.05) is 19.2 Å². The number of nitro groups is 1. The number of pyridine rings is 1. The van der Waals surface area contributed by atoms with Crippen molar-refractivity contribution in [2.24, 2.45) is 5.73 Å². The molecule has 10 heteroatoms. The van der Waals surface area contributed by atoms with E-state index < -0.39 is 16.9 Å². The molecule has 1 aromatic rings. The number of anilines is 1. The Balaban J connectivity index is 0.000000459. The number of hydrogen-bond acceptors (Lipinski definition) is 7. The fraction of sp³-hybridized carbons (Fsp3) is 0.222. The Hall–Kier alpha value is -2.75. The van der Waals surface area contributed by atoms with E-state index >= 15 is 0 Å². The number of carboxylic acid groups (broad SMARTS) is 2. The summed E-state index contributed by atoms with van der Waals surface area (Å²) in [5.41, 5.74) is 5.24. The number of aliphatic carboxylic acids is 2. The minimum atomic E-state index is -1.82. The van der Waals surface area contributed by atoms with E-state index in [1.54, 1.807) is 6.07 Å². The Kier molecular flexibility index (Phi) is 7.15. The average Bonchev–Trinajstić information content (AvgIpc) is 2.37. The minimum absolute atomic E-state index is 0.0155. The first kappa shape index (κ1) is 16.2. The van der Waals surface area contributed by atoms with E-state index in [0.717, 1.165) is 0 Å². The molecule has 0 aromatic carbocycles. The van der Waals surface area contributed by atoms with E-state index in [1.165, 1.54) is 12.3 Å². The molecule has 0 saturated carbocycles. The lowest BCUT2D eigenvalue weighted by molar-refractivity contribution is -0.385. The Morgan fingerprint density at radius 1 is 1.37 bits per heavy atom. The van der Waals surface area contributed by atoms with Crippen LogP contribution in [0, 0.1) is 10.1 Å². The SMILES string of the molecule is NCCNc1ccc([N+](=O)[O-])cn1.O=C(O)C(=O)O. The molecule has 0 saturated heterocycles. The molecule has 104 valence electrons. The first-order valence-corrected chi connectivity index (χ1v) is 4.89. The Morgan fingerprint density at radius 3 is 2.26 bits per heavy atom. The van der Waals surface area contributed by atoms with E-state index in [2.05, 4.69) is 10.3 Å². The van der Waals surface area contributed by atoms with Crippen LogP contribution in [0.1, 0.15) is 0 Å². The molecule has 0 aliphatic heterocycles. The van der Waals surface area contributed by atoms with Gasteiger partial charge in [0.25, 0.3) is 5.69 Å². The van der Waals surface area contributed by atoms with Gasteiger partial charge < -0.3 is 21.3 Å². The fourth-order valence-corrected chi connectivity index (χ4v) is 0.799. The molecule has 1 rings (SSSR count). The highest BCUT2D eigenvalue weighted by Gasteiger charge is 2.04. The van der Waals surface area contributed by atoms with Crippen LogP contribution >= 0.6 is 0 Å². The summed E-state index contributed by atoms with van der Waals surface area (Å²) in [5, 5.41) is 27.9. The van der Waals surface area contributed by atoms with E-state index in [1.807, 2.05) is 0 Å². The second-order valence-corrected chi connectivity index (χ2v) is 2.98. The molecule has 0 aliphatic carbocycles.